The van der Waals surface area contributed by atoms with Crippen LogP contribution in [0.5, 0.6) is 11.5 Å². The fraction of sp³-hybridized carbons (Fsp3) is 0.385. The number of rotatable bonds is 4. The first-order chi connectivity index (χ1) is 15.4. The third-order valence-corrected chi connectivity index (χ3v) is 6.69. The van der Waals surface area contributed by atoms with Gasteiger partial charge in [-0.05, 0) is 67.0 Å². The maximum absolute atomic E-state index is 13.6. The van der Waals surface area contributed by atoms with Crippen molar-refractivity contribution in [2.45, 2.75) is 40.2 Å². The van der Waals surface area contributed by atoms with E-state index in [1.807, 2.05) is 50.2 Å². The monoisotopic (exact) mass is 432 g/mol. The van der Waals surface area contributed by atoms with Gasteiger partial charge in [-0.2, -0.15) is 0 Å². The van der Waals surface area contributed by atoms with Gasteiger partial charge in [-0.25, -0.2) is 0 Å². The van der Waals surface area contributed by atoms with Crippen LogP contribution in [-0.2, 0) is 16.1 Å². The van der Waals surface area contributed by atoms with Gasteiger partial charge in [-0.15, -0.1) is 0 Å². The van der Waals surface area contributed by atoms with Gasteiger partial charge in [0.15, 0.2) is 11.5 Å². The molecule has 5 rings (SSSR count). The zero-order valence-corrected chi connectivity index (χ0v) is 18.8. The third-order valence-electron chi connectivity index (χ3n) is 6.69. The molecule has 1 atom stereocenters. The van der Waals surface area contributed by atoms with E-state index in [4.69, 9.17) is 9.47 Å². The Kier molecular flexibility index (Phi) is 5.16. The van der Waals surface area contributed by atoms with Crippen molar-refractivity contribution in [3.63, 3.8) is 0 Å². The minimum Gasteiger partial charge on any atom is -0.454 e. The van der Waals surface area contributed by atoms with Gasteiger partial charge >= 0.3 is 0 Å². The second kappa shape index (κ2) is 8.01. The van der Waals surface area contributed by atoms with Crippen LogP contribution in [0.1, 0.15) is 42.0 Å². The molecular weight excluding hydrogens is 404 g/mol. The number of nitrogens with zero attached hydrogens (tertiary/aromatic N) is 2. The van der Waals surface area contributed by atoms with E-state index in [9.17, 15) is 9.59 Å². The SMILES string of the molecule is Cc1ccc(C2=C(N3CCCC(C)C3)C(=O)N(Cc3ccc4c(c3)OCO4)C2=O)cc1C. The van der Waals surface area contributed by atoms with E-state index in [0.29, 0.717) is 28.7 Å². The molecule has 1 saturated heterocycles. The first-order valence-corrected chi connectivity index (χ1v) is 11.2. The van der Waals surface area contributed by atoms with Crippen molar-refractivity contribution >= 4 is 17.4 Å². The topological polar surface area (TPSA) is 59.1 Å². The molecule has 2 aromatic carbocycles. The molecule has 0 spiro atoms. The lowest BCUT2D eigenvalue weighted by Crippen LogP contribution is -2.39. The molecule has 166 valence electrons. The van der Waals surface area contributed by atoms with Gasteiger partial charge in [-0.3, -0.25) is 14.5 Å². The largest absolute Gasteiger partial charge is 0.454 e. The highest BCUT2D eigenvalue weighted by molar-refractivity contribution is 6.35. The number of hydrogen-bond donors (Lipinski definition) is 0. The summed E-state index contributed by atoms with van der Waals surface area (Å²) >= 11 is 0. The number of imide groups is 1. The number of piperidine rings is 1. The Morgan fingerprint density at radius 1 is 0.969 bits per heavy atom. The molecule has 3 heterocycles. The molecule has 2 aromatic rings. The summed E-state index contributed by atoms with van der Waals surface area (Å²) in [7, 11) is 0. The molecule has 0 radical (unpaired) electrons. The van der Waals surface area contributed by atoms with Crippen LogP contribution in [0.4, 0.5) is 0 Å². The lowest BCUT2D eigenvalue weighted by atomic mass is 9.96. The van der Waals surface area contributed by atoms with Gasteiger partial charge in [-0.1, -0.05) is 31.2 Å². The van der Waals surface area contributed by atoms with Crippen LogP contribution in [0.15, 0.2) is 42.1 Å². The van der Waals surface area contributed by atoms with Crippen LogP contribution >= 0.6 is 0 Å². The number of aryl methyl sites for hydroxylation is 2. The number of ether oxygens (including phenoxy) is 2. The number of benzene rings is 2. The van der Waals surface area contributed by atoms with Crippen LogP contribution in [0, 0.1) is 19.8 Å². The number of amides is 2. The van der Waals surface area contributed by atoms with Crippen LogP contribution in [0.3, 0.4) is 0 Å². The summed E-state index contributed by atoms with van der Waals surface area (Å²) in [5.41, 5.74) is 4.99. The quantitative estimate of drug-likeness (QED) is 0.683. The Balaban J connectivity index is 1.53. The Labute approximate surface area is 188 Å². The smallest absolute Gasteiger partial charge is 0.278 e. The summed E-state index contributed by atoms with van der Waals surface area (Å²) in [6.45, 7) is 8.27. The molecule has 2 amide bonds. The highest BCUT2D eigenvalue weighted by Crippen LogP contribution is 2.37. The molecule has 1 fully saturated rings. The van der Waals surface area contributed by atoms with Crippen molar-refractivity contribution in [2.75, 3.05) is 19.9 Å². The number of carbonyl (C=O) groups excluding carboxylic acids is 2. The summed E-state index contributed by atoms with van der Waals surface area (Å²) in [6.07, 6.45) is 2.17. The lowest BCUT2D eigenvalue weighted by Gasteiger charge is -2.33. The molecule has 6 heteroatoms. The molecule has 6 nitrogen and oxygen atoms in total. The Hall–Kier alpha value is -3.28. The predicted octanol–water partition coefficient (Wildman–Crippen LogP) is 4.04. The fourth-order valence-corrected chi connectivity index (χ4v) is 4.77. The molecule has 1 unspecified atom stereocenters. The molecule has 0 saturated carbocycles. The van der Waals surface area contributed by atoms with Crippen molar-refractivity contribution in [3.8, 4) is 11.5 Å². The lowest BCUT2D eigenvalue weighted by molar-refractivity contribution is -0.138. The molecule has 32 heavy (non-hydrogen) atoms. The molecule has 0 N–H and O–H groups in total. The van der Waals surface area contributed by atoms with Crippen LogP contribution in [-0.4, -0.2) is 41.5 Å². The summed E-state index contributed by atoms with van der Waals surface area (Å²) in [6, 6.07) is 11.6. The average Bonchev–Trinajstić information content (AvgIpc) is 3.33. The molecule has 0 aliphatic carbocycles. The Bertz CT molecular complexity index is 1140. The van der Waals surface area contributed by atoms with Gasteiger partial charge in [0, 0.05) is 13.1 Å². The standard InChI is InChI=1S/C26H28N2O4/c1-16-5-4-10-27(13-16)24-23(20-8-6-17(2)18(3)11-20)25(29)28(26(24)30)14-19-7-9-21-22(12-19)32-15-31-21/h6-9,11-12,16H,4-5,10,13-15H2,1-3H3. The van der Waals surface area contributed by atoms with E-state index in [1.54, 1.807) is 0 Å². The Morgan fingerprint density at radius 3 is 2.56 bits per heavy atom. The highest BCUT2D eigenvalue weighted by Gasteiger charge is 2.42. The zero-order valence-electron chi connectivity index (χ0n) is 18.8. The molecule has 0 bridgehead atoms. The number of likely N-dealkylation sites (tertiary alicyclic amines) is 1. The number of carbonyl (C=O) groups is 2. The minimum atomic E-state index is -0.232. The normalized spacial score (nSPS) is 20.5. The van der Waals surface area contributed by atoms with Crippen LogP contribution in [0.25, 0.3) is 5.57 Å². The number of hydrogen-bond acceptors (Lipinski definition) is 5. The first kappa shape index (κ1) is 20.6. The van der Waals surface area contributed by atoms with Gasteiger partial charge in [0.05, 0.1) is 12.1 Å². The van der Waals surface area contributed by atoms with Crippen molar-refractivity contribution in [1.82, 2.24) is 9.80 Å². The van der Waals surface area contributed by atoms with E-state index in [2.05, 4.69) is 11.8 Å². The van der Waals surface area contributed by atoms with Crippen molar-refractivity contribution in [2.24, 2.45) is 5.92 Å². The first-order valence-electron chi connectivity index (χ1n) is 11.2. The highest BCUT2D eigenvalue weighted by atomic mass is 16.7. The maximum Gasteiger partial charge on any atom is 0.278 e. The van der Waals surface area contributed by atoms with E-state index in [0.717, 1.165) is 48.2 Å². The summed E-state index contributed by atoms with van der Waals surface area (Å²) < 4.78 is 10.9. The second-order valence-electron chi connectivity index (χ2n) is 9.10. The predicted molar refractivity (Wildman–Crippen MR) is 121 cm³/mol. The van der Waals surface area contributed by atoms with Crippen molar-refractivity contribution in [1.29, 1.82) is 0 Å². The third kappa shape index (κ3) is 3.53. The van der Waals surface area contributed by atoms with Crippen molar-refractivity contribution in [3.05, 3.63) is 64.3 Å². The summed E-state index contributed by atoms with van der Waals surface area (Å²) in [5, 5.41) is 0. The van der Waals surface area contributed by atoms with Crippen LogP contribution < -0.4 is 9.47 Å². The van der Waals surface area contributed by atoms with Gasteiger partial charge < -0.3 is 14.4 Å². The molecule has 3 aliphatic heterocycles. The molecule has 0 aromatic heterocycles. The fourth-order valence-electron chi connectivity index (χ4n) is 4.77. The van der Waals surface area contributed by atoms with Gasteiger partial charge in [0.2, 0.25) is 6.79 Å². The Morgan fingerprint density at radius 2 is 1.78 bits per heavy atom. The van der Waals surface area contributed by atoms with E-state index >= 15 is 0 Å². The zero-order chi connectivity index (χ0) is 22.4. The molecular formula is C26H28N2O4. The van der Waals surface area contributed by atoms with Gasteiger partial charge in [0.25, 0.3) is 11.8 Å². The number of fused-ring (bicyclic) bond motifs is 1. The van der Waals surface area contributed by atoms with Crippen LogP contribution in [0.2, 0.25) is 0 Å². The van der Waals surface area contributed by atoms with Gasteiger partial charge in [0.1, 0.15) is 5.70 Å². The minimum absolute atomic E-state index is 0.191. The molecule has 3 aliphatic rings. The van der Waals surface area contributed by atoms with Crippen molar-refractivity contribution < 1.29 is 19.1 Å². The average molecular weight is 433 g/mol. The van der Waals surface area contributed by atoms with E-state index < -0.39 is 0 Å². The summed E-state index contributed by atoms with van der Waals surface area (Å²) in [5.74, 6) is 1.38. The van der Waals surface area contributed by atoms with E-state index in [1.165, 1.54) is 4.90 Å². The maximum atomic E-state index is 13.6. The van der Waals surface area contributed by atoms with E-state index in [-0.39, 0.29) is 25.2 Å². The summed E-state index contributed by atoms with van der Waals surface area (Å²) in [4.78, 5) is 30.8. The second-order valence-corrected chi connectivity index (χ2v) is 9.10.